The molecule has 0 unspecified atom stereocenters. The van der Waals surface area contributed by atoms with Crippen LogP contribution in [-0.4, -0.2) is 11.8 Å². The second kappa shape index (κ2) is 8.25. The Hall–Kier alpha value is -4.62. The number of fused-ring (bicyclic) bond motifs is 1. The van der Waals surface area contributed by atoms with Gasteiger partial charge in [0, 0.05) is 11.1 Å². The van der Waals surface area contributed by atoms with Gasteiger partial charge in [-0.1, -0.05) is 48.2 Å². The van der Waals surface area contributed by atoms with Gasteiger partial charge in [0.1, 0.15) is 11.5 Å². The van der Waals surface area contributed by atoms with E-state index in [1.807, 2.05) is 60.7 Å². The topological polar surface area (TPSA) is 46.6 Å². The number of ether oxygens (including phenoxy) is 1. The normalized spacial score (nSPS) is 12.2. The summed E-state index contributed by atoms with van der Waals surface area (Å²) in [7, 11) is 0. The van der Waals surface area contributed by atoms with Crippen molar-refractivity contribution in [2.24, 2.45) is 0 Å². The van der Waals surface area contributed by atoms with Crippen LogP contribution in [0.15, 0.2) is 103 Å². The number of benzene rings is 4. The predicted octanol–water partition coefficient (Wildman–Crippen LogP) is 5.68. The molecule has 152 valence electrons. The van der Waals surface area contributed by atoms with Gasteiger partial charge in [-0.05, 0) is 66.7 Å². The SMILES string of the molecule is O=C1c2ccc(C#Cc3ccccc3)cc2C(=O)N1c1ccc(Oc2ccccc2)cc1. The van der Waals surface area contributed by atoms with E-state index in [9.17, 15) is 9.59 Å². The van der Waals surface area contributed by atoms with E-state index >= 15 is 0 Å². The van der Waals surface area contributed by atoms with Gasteiger partial charge in [0.15, 0.2) is 0 Å². The second-order valence-corrected chi connectivity index (χ2v) is 7.23. The third kappa shape index (κ3) is 3.76. The van der Waals surface area contributed by atoms with Gasteiger partial charge in [0.2, 0.25) is 0 Å². The van der Waals surface area contributed by atoms with Crippen LogP contribution in [0.4, 0.5) is 5.69 Å². The first-order valence-electron chi connectivity index (χ1n) is 10.1. The first-order valence-corrected chi connectivity index (χ1v) is 10.1. The summed E-state index contributed by atoms with van der Waals surface area (Å²) in [5, 5.41) is 0. The molecule has 1 aliphatic heterocycles. The van der Waals surface area contributed by atoms with E-state index in [0.29, 0.717) is 33.9 Å². The molecule has 0 bridgehead atoms. The van der Waals surface area contributed by atoms with Crippen LogP contribution in [0.1, 0.15) is 31.8 Å². The Morgan fingerprint density at radius 1 is 0.562 bits per heavy atom. The fourth-order valence-electron chi connectivity index (χ4n) is 3.51. The van der Waals surface area contributed by atoms with Crippen LogP contribution in [0.25, 0.3) is 0 Å². The first kappa shape index (κ1) is 19.3. The summed E-state index contributed by atoms with van der Waals surface area (Å²) in [6.45, 7) is 0. The molecular weight excluding hydrogens is 398 g/mol. The zero-order chi connectivity index (χ0) is 21.9. The number of hydrogen-bond donors (Lipinski definition) is 0. The summed E-state index contributed by atoms with van der Waals surface area (Å²) >= 11 is 0. The molecule has 32 heavy (non-hydrogen) atoms. The fraction of sp³-hybridized carbons (Fsp3) is 0. The van der Waals surface area contributed by atoms with E-state index < -0.39 is 0 Å². The summed E-state index contributed by atoms with van der Waals surface area (Å²) in [6, 6.07) is 31.0. The smallest absolute Gasteiger partial charge is 0.266 e. The molecule has 0 N–H and O–H groups in total. The van der Waals surface area contributed by atoms with Crippen molar-refractivity contribution < 1.29 is 14.3 Å². The molecule has 0 saturated heterocycles. The number of carbonyl (C=O) groups is 2. The van der Waals surface area contributed by atoms with Gasteiger partial charge in [0.05, 0.1) is 16.8 Å². The minimum atomic E-state index is -0.356. The maximum Gasteiger partial charge on any atom is 0.266 e. The molecule has 0 aromatic heterocycles. The van der Waals surface area contributed by atoms with Crippen molar-refractivity contribution in [3.8, 4) is 23.3 Å². The molecule has 5 rings (SSSR count). The Kier molecular flexibility index (Phi) is 4.99. The maximum absolute atomic E-state index is 13.0. The number of para-hydroxylation sites is 1. The number of rotatable bonds is 3. The molecule has 4 heteroatoms. The van der Waals surface area contributed by atoms with Gasteiger partial charge in [-0.2, -0.15) is 0 Å². The first-order chi connectivity index (χ1) is 15.7. The van der Waals surface area contributed by atoms with Gasteiger partial charge in [-0.3, -0.25) is 9.59 Å². The summed E-state index contributed by atoms with van der Waals surface area (Å²) in [6.07, 6.45) is 0. The number of carbonyl (C=O) groups excluding carboxylic acids is 2. The lowest BCUT2D eigenvalue weighted by Crippen LogP contribution is -2.29. The molecule has 1 aliphatic rings. The summed E-state index contributed by atoms with van der Waals surface area (Å²) < 4.78 is 5.79. The van der Waals surface area contributed by atoms with Crippen molar-refractivity contribution in [3.05, 3.63) is 125 Å². The van der Waals surface area contributed by atoms with Crippen LogP contribution in [-0.2, 0) is 0 Å². The Labute approximate surface area is 185 Å². The molecule has 0 saturated carbocycles. The Morgan fingerprint density at radius 2 is 1.16 bits per heavy atom. The Morgan fingerprint density at radius 3 is 1.88 bits per heavy atom. The number of nitrogens with zero attached hydrogens (tertiary/aromatic N) is 1. The highest BCUT2D eigenvalue weighted by atomic mass is 16.5. The molecule has 0 radical (unpaired) electrons. The Bertz CT molecular complexity index is 1370. The van der Waals surface area contributed by atoms with E-state index in [-0.39, 0.29) is 11.8 Å². The summed E-state index contributed by atoms with van der Waals surface area (Å²) in [4.78, 5) is 27.1. The minimum absolute atomic E-state index is 0.343. The van der Waals surface area contributed by atoms with Crippen LogP contribution in [0.5, 0.6) is 11.5 Å². The molecule has 4 aromatic carbocycles. The van der Waals surface area contributed by atoms with E-state index in [4.69, 9.17) is 4.74 Å². The molecular formula is C28H17NO3. The van der Waals surface area contributed by atoms with Crippen molar-refractivity contribution >= 4 is 17.5 Å². The fourth-order valence-corrected chi connectivity index (χ4v) is 3.51. The van der Waals surface area contributed by atoms with Crippen LogP contribution < -0.4 is 9.64 Å². The monoisotopic (exact) mass is 415 g/mol. The lowest BCUT2D eigenvalue weighted by Gasteiger charge is -2.14. The summed E-state index contributed by atoms with van der Waals surface area (Å²) in [5.74, 6) is 6.77. The highest BCUT2D eigenvalue weighted by molar-refractivity contribution is 6.34. The van der Waals surface area contributed by atoms with Crippen molar-refractivity contribution in [2.75, 3.05) is 4.90 Å². The average molecular weight is 415 g/mol. The highest BCUT2D eigenvalue weighted by Crippen LogP contribution is 2.31. The van der Waals surface area contributed by atoms with E-state index in [0.717, 1.165) is 5.56 Å². The molecule has 0 aliphatic carbocycles. The van der Waals surface area contributed by atoms with E-state index in [2.05, 4.69) is 11.8 Å². The molecule has 0 spiro atoms. The van der Waals surface area contributed by atoms with Crippen LogP contribution in [0, 0.1) is 11.8 Å². The van der Waals surface area contributed by atoms with Crippen molar-refractivity contribution in [1.82, 2.24) is 0 Å². The third-order valence-corrected chi connectivity index (χ3v) is 5.09. The second-order valence-electron chi connectivity index (χ2n) is 7.23. The average Bonchev–Trinajstić information content (AvgIpc) is 3.09. The molecule has 4 aromatic rings. The molecule has 0 atom stereocenters. The number of amides is 2. The van der Waals surface area contributed by atoms with E-state index in [1.165, 1.54) is 4.90 Å². The highest BCUT2D eigenvalue weighted by Gasteiger charge is 2.36. The molecule has 1 heterocycles. The van der Waals surface area contributed by atoms with Gasteiger partial charge in [-0.15, -0.1) is 0 Å². The van der Waals surface area contributed by atoms with Crippen molar-refractivity contribution in [1.29, 1.82) is 0 Å². The van der Waals surface area contributed by atoms with Crippen LogP contribution in [0.2, 0.25) is 0 Å². The molecule has 4 nitrogen and oxygen atoms in total. The zero-order valence-corrected chi connectivity index (χ0v) is 17.0. The quantitative estimate of drug-likeness (QED) is 0.319. The Balaban J connectivity index is 1.38. The van der Waals surface area contributed by atoms with E-state index in [1.54, 1.807) is 42.5 Å². The van der Waals surface area contributed by atoms with Gasteiger partial charge in [0.25, 0.3) is 11.8 Å². The number of anilines is 1. The zero-order valence-electron chi connectivity index (χ0n) is 17.0. The third-order valence-electron chi connectivity index (χ3n) is 5.09. The lowest BCUT2D eigenvalue weighted by atomic mass is 10.1. The predicted molar refractivity (Wildman–Crippen MR) is 123 cm³/mol. The lowest BCUT2D eigenvalue weighted by molar-refractivity contribution is 0.0926. The standard InChI is InChI=1S/C28H17NO3/c30-27-25-18-13-21(12-11-20-7-3-1-4-8-20)19-26(25)28(31)29(27)22-14-16-24(17-15-22)32-23-9-5-2-6-10-23/h1-10,13-19H. The number of imide groups is 1. The maximum atomic E-state index is 13.0. The van der Waals surface area contributed by atoms with Crippen molar-refractivity contribution in [2.45, 2.75) is 0 Å². The van der Waals surface area contributed by atoms with Crippen LogP contribution >= 0.6 is 0 Å². The summed E-state index contributed by atoms with van der Waals surface area (Å²) in [5.41, 5.74) is 2.80. The minimum Gasteiger partial charge on any atom is -0.457 e. The van der Waals surface area contributed by atoms with Crippen molar-refractivity contribution in [3.63, 3.8) is 0 Å². The molecule has 0 fully saturated rings. The molecule has 2 amide bonds. The van der Waals surface area contributed by atoms with Gasteiger partial charge in [-0.25, -0.2) is 4.90 Å². The van der Waals surface area contributed by atoms with Gasteiger partial charge >= 0.3 is 0 Å². The number of hydrogen-bond acceptors (Lipinski definition) is 3. The largest absolute Gasteiger partial charge is 0.457 e. The van der Waals surface area contributed by atoms with Crippen LogP contribution in [0.3, 0.4) is 0 Å². The van der Waals surface area contributed by atoms with Gasteiger partial charge < -0.3 is 4.74 Å².